The van der Waals surface area contributed by atoms with Crippen LogP contribution in [0.25, 0.3) is 0 Å². The van der Waals surface area contributed by atoms with Gasteiger partial charge >= 0.3 is 0 Å². The third-order valence-corrected chi connectivity index (χ3v) is 3.82. The van der Waals surface area contributed by atoms with Gasteiger partial charge in [0, 0.05) is 23.4 Å². The summed E-state index contributed by atoms with van der Waals surface area (Å²) in [5, 5.41) is 7.00. The van der Waals surface area contributed by atoms with Gasteiger partial charge in [-0.2, -0.15) is 0 Å². The minimum Gasteiger partial charge on any atom is -0.306 e. The molecule has 1 aliphatic carbocycles. The average Bonchev–Trinajstić information content (AvgIpc) is 2.68. The lowest BCUT2D eigenvalue weighted by atomic mass is 10.1. The van der Waals surface area contributed by atoms with Gasteiger partial charge in [0.25, 0.3) is 0 Å². The lowest BCUT2D eigenvalue weighted by Gasteiger charge is -2.19. The molecule has 2 nitrogen and oxygen atoms in total. The smallest absolute Gasteiger partial charge is 0.0962 e. The summed E-state index contributed by atoms with van der Waals surface area (Å²) in [4.78, 5) is 4.68. The molecule has 0 amide bonds. The van der Waals surface area contributed by atoms with E-state index in [2.05, 4.69) is 43.4 Å². The van der Waals surface area contributed by atoms with E-state index in [4.69, 9.17) is 0 Å². The molecule has 1 aromatic rings. The van der Waals surface area contributed by atoms with E-state index < -0.39 is 0 Å². The van der Waals surface area contributed by atoms with Gasteiger partial charge in [0.05, 0.1) is 10.7 Å². The van der Waals surface area contributed by atoms with Crippen LogP contribution in [0.1, 0.15) is 50.7 Å². The molecular formula is C12H20N2S. The summed E-state index contributed by atoms with van der Waals surface area (Å²) in [6.45, 7) is 9.75. The van der Waals surface area contributed by atoms with Crippen LogP contribution in [0.2, 0.25) is 0 Å². The van der Waals surface area contributed by atoms with Crippen molar-refractivity contribution in [3.63, 3.8) is 0 Å². The van der Waals surface area contributed by atoms with E-state index in [1.54, 1.807) is 0 Å². The lowest BCUT2D eigenvalue weighted by Crippen LogP contribution is -2.35. The zero-order chi connectivity index (χ0) is 11.1. The molecule has 3 heteroatoms. The zero-order valence-corrected chi connectivity index (χ0v) is 10.8. The number of nitrogens with zero attached hydrogens (tertiary/aromatic N) is 1. The van der Waals surface area contributed by atoms with Gasteiger partial charge < -0.3 is 5.32 Å². The van der Waals surface area contributed by atoms with Crippen molar-refractivity contribution in [1.29, 1.82) is 0 Å². The average molecular weight is 224 g/mol. The van der Waals surface area contributed by atoms with Crippen LogP contribution in [0, 0.1) is 5.92 Å². The second-order valence-corrected chi connectivity index (χ2v) is 6.49. The maximum atomic E-state index is 4.68. The van der Waals surface area contributed by atoms with E-state index in [9.17, 15) is 0 Å². The van der Waals surface area contributed by atoms with E-state index in [1.165, 1.54) is 17.1 Å². The van der Waals surface area contributed by atoms with Crippen molar-refractivity contribution in [2.45, 2.75) is 52.1 Å². The number of hydrogen-bond donors (Lipinski definition) is 1. The minimum atomic E-state index is 0.177. The third-order valence-electron chi connectivity index (χ3n) is 2.80. The Morgan fingerprint density at radius 2 is 2.20 bits per heavy atom. The fraction of sp³-hybridized carbons (Fsp3) is 0.750. The van der Waals surface area contributed by atoms with Gasteiger partial charge in [-0.3, -0.25) is 0 Å². The van der Waals surface area contributed by atoms with Crippen LogP contribution in [-0.2, 0) is 6.54 Å². The van der Waals surface area contributed by atoms with E-state index in [0.717, 1.165) is 18.4 Å². The Kier molecular flexibility index (Phi) is 2.86. The Morgan fingerprint density at radius 1 is 1.53 bits per heavy atom. The Hall–Kier alpha value is -0.410. The van der Waals surface area contributed by atoms with Gasteiger partial charge in [0.1, 0.15) is 0 Å². The van der Waals surface area contributed by atoms with Crippen molar-refractivity contribution in [2.75, 3.05) is 0 Å². The van der Waals surface area contributed by atoms with Crippen LogP contribution in [0.5, 0.6) is 0 Å². The molecule has 0 spiro atoms. The second-order valence-electron chi connectivity index (χ2n) is 5.60. The standard InChI is InChI=1S/C12H20N2S/c1-8-5-10(8)11-14-9(7-15-11)6-13-12(2,3)4/h7-8,10,13H,5-6H2,1-4H3. The van der Waals surface area contributed by atoms with Gasteiger partial charge in [-0.25, -0.2) is 4.98 Å². The summed E-state index contributed by atoms with van der Waals surface area (Å²) in [7, 11) is 0. The molecule has 0 aliphatic heterocycles. The Labute approximate surface area is 96.1 Å². The number of thiazole rings is 1. The Bertz CT molecular complexity index is 338. The Balaban J connectivity index is 1.90. The first-order valence-electron chi connectivity index (χ1n) is 5.65. The van der Waals surface area contributed by atoms with Crippen LogP contribution in [0.3, 0.4) is 0 Å². The summed E-state index contributed by atoms with van der Waals surface area (Å²) in [6.07, 6.45) is 1.33. The first kappa shape index (κ1) is 11.1. The van der Waals surface area contributed by atoms with Crippen LogP contribution < -0.4 is 5.32 Å². The summed E-state index contributed by atoms with van der Waals surface area (Å²) in [5.41, 5.74) is 1.38. The molecule has 1 saturated carbocycles. The molecule has 84 valence electrons. The predicted molar refractivity (Wildman–Crippen MR) is 65.2 cm³/mol. The largest absolute Gasteiger partial charge is 0.306 e. The first-order valence-corrected chi connectivity index (χ1v) is 6.53. The molecule has 2 atom stereocenters. The van der Waals surface area contributed by atoms with Crippen LogP contribution in [0.4, 0.5) is 0 Å². The summed E-state index contributed by atoms with van der Waals surface area (Å²) in [6, 6.07) is 0. The normalized spacial score (nSPS) is 25.6. The molecule has 1 aliphatic rings. The van der Waals surface area contributed by atoms with E-state index in [-0.39, 0.29) is 5.54 Å². The molecule has 2 rings (SSSR count). The van der Waals surface area contributed by atoms with Gasteiger partial charge in [0.15, 0.2) is 0 Å². The number of nitrogens with one attached hydrogen (secondary N) is 1. The predicted octanol–water partition coefficient (Wildman–Crippen LogP) is 3.15. The van der Waals surface area contributed by atoms with Crippen LogP contribution >= 0.6 is 11.3 Å². The van der Waals surface area contributed by atoms with Crippen molar-refractivity contribution in [3.8, 4) is 0 Å². The summed E-state index contributed by atoms with van der Waals surface area (Å²) < 4.78 is 0. The summed E-state index contributed by atoms with van der Waals surface area (Å²) >= 11 is 1.82. The minimum absolute atomic E-state index is 0.177. The molecule has 0 saturated heterocycles. The molecule has 0 aromatic carbocycles. The first-order chi connectivity index (χ1) is 6.96. The lowest BCUT2D eigenvalue weighted by molar-refractivity contribution is 0.421. The van der Waals surface area contributed by atoms with Gasteiger partial charge in [-0.05, 0) is 33.1 Å². The molecule has 15 heavy (non-hydrogen) atoms. The molecule has 1 heterocycles. The van der Waals surface area contributed by atoms with Gasteiger partial charge in [0.2, 0.25) is 0 Å². The van der Waals surface area contributed by atoms with Crippen LogP contribution in [0.15, 0.2) is 5.38 Å². The van der Waals surface area contributed by atoms with Crippen molar-refractivity contribution < 1.29 is 0 Å². The SMILES string of the molecule is CC1CC1c1nc(CNC(C)(C)C)cs1. The number of rotatable bonds is 3. The van der Waals surface area contributed by atoms with E-state index in [1.807, 2.05) is 11.3 Å². The quantitative estimate of drug-likeness (QED) is 0.853. The molecule has 0 radical (unpaired) electrons. The highest BCUT2D eigenvalue weighted by Crippen LogP contribution is 2.47. The van der Waals surface area contributed by atoms with Gasteiger partial charge in [-0.15, -0.1) is 11.3 Å². The molecular weight excluding hydrogens is 204 g/mol. The van der Waals surface area contributed by atoms with Crippen molar-refractivity contribution in [3.05, 3.63) is 16.1 Å². The third kappa shape index (κ3) is 3.02. The molecule has 2 unspecified atom stereocenters. The maximum absolute atomic E-state index is 4.68. The van der Waals surface area contributed by atoms with E-state index in [0.29, 0.717) is 0 Å². The number of hydrogen-bond acceptors (Lipinski definition) is 3. The topological polar surface area (TPSA) is 24.9 Å². The highest BCUT2D eigenvalue weighted by molar-refractivity contribution is 7.09. The van der Waals surface area contributed by atoms with Crippen molar-refractivity contribution in [1.82, 2.24) is 10.3 Å². The zero-order valence-electron chi connectivity index (χ0n) is 10.0. The van der Waals surface area contributed by atoms with E-state index >= 15 is 0 Å². The highest BCUT2D eigenvalue weighted by atomic mass is 32.1. The molecule has 1 fully saturated rings. The van der Waals surface area contributed by atoms with Crippen molar-refractivity contribution in [2.24, 2.45) is 5.92 Å². The molecule has 0 bridgehead atoms. The second kappa shape index (κ2) is 3.87. The monoisotopic (exact) mass is 224 g/mol. The molecule has 1 N–H and O–H groups in total. The van der Waals surface area contributed by atoms with Gasteiger partial charge in [-0.1, -0.05) is 6.92 Å². The Morgan fingerprint density at radius 3 is 2.73 bits per heavy atom. The van der Waals surface area contributed by atoms with Crippen molar-refractivity contribution >= 4 is 11.3 Å². The maximum Gasteiger partial charge on any atom is 0.0962 e. The fourth-order valence-electron chi connectivity index (χ4n) is 1.60. The fourth-order valence-corrected chi connectivity index (χ4v) is 2.66. The van der Waals surface area contributed by atoms with Crippen LogP contribution in [-0.4, -0.2) is 10.5 Å². The summed E-state index contributed by atoms with van der Waals surface area (Å²) in [5.74, 6) is 1.62. The highest BCUT2D eigenvalue weighted by Gasteiger charge is 2.36. The number of aromatic nitrogens is 1. The molecule has 1 aromatic heterocycles.